The van der Waals surface area contributed by atoms with E-state index < -0.39 is 5.97 Å². The predicted molar refractivity (Wildman–Crippen MR) is 151 cm³/mol. The Kier molecular flexibility index (Phi) is 8.56. The molecule has 1 fully saturated rings. The molecule has 0 unspecified atom stereocenters. The van der Waals surface area contributed by atoms with E-state index in [1.165, 1.54) is 7.11 Å². The molecule has 3 aromatic heterocycles. The minimum Gasteiger partial charge on any atom is -0.491 e. The number of aromatic nitrogens is 3. The monoisotopic (exact) mass is 543 g/mol. The van der Waals surface area contributed by atoms with Gasteiger partial charge in [0.2, 0.25) is 5.91 Å². The first-order valence-electron chi connectivity index (χ1n) is 13.4. The van der Waals surface area contributed by atoms with Crippen LogP contribution < -0.4 is 15.4 Å². The Morgan fingerprint density at radius 2 is 2.00 bits per heavy atom. The summed E-state index contributed by atoms with van der Waals surface area (Å²) < 4.78 is 12.5. The van der Waals surface area contributed by atoms with Crippen molar-refractivity contribution in [1.29, 1.82) is 0 Å². The molecule has 5 rings (SSSR count). The van der Waals surface area contributed by atoms with Crippen molar-refractivity contribution in [3.05, 3.63) is 77.9 Å². The summed E-state index contributed by atoms with van der Waals surface area (Å²) in [7, 11) is 1.33. The van der Waals surface area contributed by atoms with Gasteiger partial charge in [0.05, 0.1) is 31.3 Å². The second-order valence-electron chi connectivity index (χ2n) is 9.72. The maximum Gasteiger partial charge on any atom is 0.356 e. The van der Waals surface area contributed by atoms with E-state index in [-0.39, 0.29) is 30.7 Å². The number of hydrogen-bond donors (Lipinski definition) is 3. The van der Waals surface area contributed by atoms with Gasteiger partial charge < -0.3 is 29.8 Å². The lowest BCUT2D eigenvalue weighted by Crippen LogP contribution is -2.29. The van der Waals surface area contributed by atoms with Crippen LogP contribution in [0.2, 0.25) is 0 Å². The number of benzene rings is 1. The maximum atomic E-state index is 13.1. The third-order valence-electron chi connectivity index (χ3n) is 7.07. The molecule has 40 heavy (non-hydrogen) atoms. The van der Waals surface area contributed by atoms with Gasteiger partial charge in [-0.1, -0.05) is 24.6 Å². The fraction of sp³-hybridized carbons (Fsp3) is 0.333. The number of anilines is 2. The highest BCUT2D eigenvalue weighted by Crippen LogP contribution is 2.35. The number of nitrogens with one attached hydrogen (secondary N) is 2. The molecule has 10 nitrogen and oxygen atoms in total. The molecule has 1 amide bonds. The van der Waals surface area contributed by atoms with Crippen LogP contribution >= 0.6 is 0 Å². The highest BCUT2D eigenvalue weighted by molar-refractivity contribution is 6.11. The molecule has 0 aliphatic heterocycles. The number of hydrogen-bond acceptors (Lipinski definition) is 8. The van der Waals surface area contributed by atoms with Crippen LogP contribution in [0.4, 0.5) is 11.4 Å². The van der Waals surface area contributed by atoms with Crippen LogP contribution in [0.25, 0.3) is 11.0 Å². The maximum absolute atomic E-state index is 13.1. The lowest BCUT2D eigenvalue weighted by Gasteiger charge is -2.24. The van der Waals surface area contributed by atoms with E-state index >= 15 is 0 Å². The van der Waals surface area contributed by atoms with Crippen molar-refractivity contribution in [2.45, 2.75) is 38.8 Å². The normalized spacial score (nSPS) is 13.1. The minimum atomic E-state index is -0.544. The molecule has 1 aromatic carbocycles. The van der Waals surface area contributed by atoms with Crippen LogP contribution in [-0.4, -0.2) is 51.8 Å². The highest BCUT2D eigenvalue weighted by Gasteiger charge is 2.30. The van der Waals surface area contributed by atoms with Crippen LogP contribution in [-0.2, 0) is 29.0 Å². The zero-order chi connectivity index (χ0) is 27.9. The smallest absolute Gasteiger partial charge is 0.356 e. The number of pyridine rings is 2. The van der Waals surface area contributed by atoms with Gasteiger partial charge in [0, 0.05) is 42.7 Å². The first kappa shape index (κ1) is 27.1. The molecule has 0 radical (unpaired) electrons. The van der Waals surface area contributed by atoms with Crippen LogP contribution in [0.5, 0.6) is 5.75 Å². The van der Waals surface area contributed by atoms with Crippen LogP contribution in [0.15, 0.2) is 60.9 Å². The van der Waals surface area contributed by atoms with Gasteiger partial charge in [-0.15, -0.1) is 0 Å². The lowest BCUT2D eigenvalue weighted by atomic mass is 9.85. The molecule has 208 valence electrons. The molecule has 3 heterocycles. The van der Waals surface area contributed by atoms with Gasteiger partial charge in [-0.2, -0.15) is 0 Å². The first-order valence-corrected chi connectivity index (χ1v) is 13.4. The van der Waals surface area contributed by atoms with Crippen LogP contribution in [0, 0.1) is 5.92 Å². The Bertz CT molecular complexity index is 1480. The number of fused-ring (bicyclic) bond motifs is 1. The molecule has 0 saturated heterocycles. The second-order valence-corrected chi connectivity index (χ2v) is 9.72. The zero-order valence-corrected chi connectivity index (χ0v) is 22.4. The van der Waals surface area contributed by atoms with Crippen molar-refractivity contribution >= 4 is 34.3 Å². The molecule has 1 saturated carbocycles. The Labute approximate surface area is 232 Å². The van der Waals surface area contributed by atoms with E-state index in [0.29, 0.717) is 42.0 Å². The number of nitrogens with zero attached hydrogens (tertiary/aromatic N) is 3. The Balaban J connectivity index is 1.48. The quantitative estimate of drug-likeness (QED) is 0.227. The van der Waals surface area contributed by atoms with Crippen LogP contribution in [0.1, 0.15) is 41.0 Å². The summed E-state index contributed by atoms with van der Waals surface area (Å²) in [6.07, 6.45) is 6.72. The third kappa shape index (κ3) is 6.07. The van der Waals surface area contributed by atoms with Gasteiger partial charge >= 0.3 is 5.97 Å². The summed E-state index contributed by atoms with van der Waals surface area (Å²) in [6.45, 7) is 1.10. The molecular formula is C30H33N5O5. The molecule has 1 aliphatic rings. The standard InChI is InChI=1S/C30H33N5O5/c1-39-30(38)27-26(34-29(37)21-7-5-8-21)25-17-23(32-18-20-6-4-10-24(16-20)40-15-14-36)19-33-28(25)35(27)13-11-22-9-2-3-12-31-22/h2-4,6,9-10,12,16-17,19,21,32,36H,5,7-8,11,13-15,18H2,1H3,(H,34,37). The summed E-state index contributed by atoms with van der Waals surface area (Å²) in [4.78, 5) is 35.3. The van der Waals surface area contributed by atoms with Gasteiger partial charge in [-0.25, -0.2) is 9.78 Å². The van der Waals surface area contributed by atoms with Crippen molar-refractivity contribution in [2.75, 3.05) is 31.0 Å². The molecule has 0 bridgehead atoms. The van der Waals surface area contributed by atoms with E-state index in [0.717, 1.165) is 36.2 Å². The van der Waals surface area contributed by atoms with Crippen molar-refractivity contribution in [1.82, 2.24) is 14.5 Å². The highest BCUT2D eigenvalue weighted by atomic mass is 16.5. The Hall–Kier alpha value is -4.44. The molecule has 3 N–H and O–H groups in total. The number of carbonyl (C=O) groups excluding carboxylic acids is 2. The fourth-order valence-electron chi connectivity index (χ4n) is 4.76. The summed E-state index contributed by atoms with van der Waals surface area (Å²) in [5.74, 6) is -0.0296. The van der Waals surface area contributed by atoms with Gasteiger partial charge in [-0.3, -0.25) is 9.78 Å². The van der Waals surface area contributed by atoms with Crippen molar-refractivity contribution in [2.24, 2.45) is 5.92 Å². The topological polar surface area (TPSA) is 128 Å². The van der Waals surface area contributed by atoms with Crippen LogP contribution in [0.3, 0.4) is 0 Å². The Morgan fingerprint density at radius 3 is 2.73 bits per heavy atom. The SMILES string of the molecule is COC(=O)c1c(NC(=O)C2CCC2)c2cc(NCc3cccc(OCCO)c3)cnc2n1CCc1ccccn1. The molecule has 0 atom stereocenters. The molecule has 1 aliphatic carbocycles. The van der Waals surface area contributed by atoms with Gasteiger partial charge in [0.25, 0.3) is 0 Å². The third-order valence-corrected chi connectivity index (χ3v) is 7.07. The molecule has 10 heteroatoms. The molecule has 0 spiro atoms. The summed E-state index contributed by atoms with van der Waals surface area (Å²) in [5.41, 5.74) is 3.84. The van der Waals surface area contributed by atoms with Crippen molar-refractivity contribution in [3.8, 4) is 5.75 Å². The molecular weight excluding hydrogens is 510 g/mol. The van der Waals surface area contributed by atoms with E-state index in [1.807, 2.05) is 48.5 Å². The summed E-state index contributed by atoms with van der Waals surface area (Å²) in [6, 6.07) is 15.2. The summed E-state index contributed by atoms with van der Waals surface area (Å²) >= 11 is 0. The van der Waals surface area contributed by atoms with Crippen molar-refractivity contribution in [3.63, 3.8) is 0 Å². The number of esters is 1. The van der Waals surface area contributed by atoms with E-state index in [9.17, 15) is 9.59 Å². The Morgan fingerprint density at radius 1 is 1.12 bits per heavy atom. The average Bonchev–Trinajstić information content (AvgIpc) is 3.25. The number of methoxy groups -OCH3 is 1. The fourth-order valence-corrected chi connectivity index (χ4v) is 4.76. The van der Waals surface area contributed by atoms with Gasteiger partial charge in [0.15, 0.2) is 5.69 Å². The number of ether oxygens (including phenoxy) is 2. The van der Waals surface area contributed by atoms with E-state index in [4.69, 9.17) is 19.6 Å². The zero-order valence-electron chi connectivity index (χ0n) is 22.4. The molecule has 4 aromatic rings. The van der Waals surface area contributed by atoms with Gasteiger partial charge in [0.1, 0.15) is 18.0 Å². The minimum absolute atomic E-state index is 0.0527. The lowest BCUT2D eigenvalue weighted by molar-refractivity contribution is -0.122. The van der Waals surface area contributed by atoms with Crippen molar-refractivity contribution < 1.29 is 24.2 Å². The average molecular weight is 544 g/mol. The number of aliphatic hydroxyl groups is 1. The number of rotatable bonds is 12. The van der Waals surface area contributed by atoms with E-state index in [2.05, 4.69) is 15.6 Å². The largest absolute Gasteiger partial charge is 0.491 e. The number of aryl methyl sites for hydroxylation is 2. The predicted octanol–water partition coefficient (Wildman–Crippen LogP) is 4.18. The number of amides is 1. The van der Waals surface area contributed by atoms with E-state index in [1.54, 1.807) is 17.0 Å². The number of aliphatic hydroxyl groups excluding tert-OH is 1. The second kappa shape index (κ2) is 12.6. The summed E-state index contributed by atoms with van der Waals surface area (Å²) in [5, 5.41) is 16.1. The number of carbonyl (C=O) groups is 2. The first-order chi connectivity index (χ1) is 19.6. The van der Waals surface area contributed by atoms with Gasteiger partial charge in [-0.05, 0) is 48.7 Å².